The summed E-state index contributed by atoms with van der Waals surface area (Å²) in [5, 5.41) is 8.98. The van der Waals surface area contributed by atoms with Crippen molar-refractivity contribution in [3.05, 3.63) is 93.2 Å². The predicted molar refractivity (Wildman–Crippen MR) is 221 cm³/mol. The summed E-state index contributed by atoms with van der Waals surface area (Å²) in [5.74, 6) is -5.50. The molecule has 2 N–H and O–H groups in total. The lowest BCUT2D eigenvalue weighted by molar-refractivity contribution is -0.142. The second kappa shape index (κ2) is 15.9. The van der Waals surface area contributed by atoms with Crippen LogP contribution in [0.25, 0.3) is 33.0 Å². The molecule has 0 spiro atoms. The number of halogens is 11. The number of furan rings is 1. The molecule has 0 aliphatic heterocycles. The van der Waals surface area contributed by atoms with Crippen LogP contribution in [0, 0.1) is 29.4 Å². The number of nitrogens with one attached hydrogen (secondary N) is 2. The summed E-state index contributed by atoms with van der Waals surface area (Å²) >= 11 is 6.53. The van der Waals surface area contributed by atoms with E-state index in [4.69, 9.17) is 16.0 Å². The van der Waals surface area contributed by atoms with Gasteiger partial charge in [-0.2, -0.15) is 45.3 Å². The SMILES string of the molecule is CC(C)(C#Cc1nc([C@H](Cc2cc(F)cc(F)c2)NC(=O)Cn2nc(C(F)(F)F)c3c2C(F)(F)[C@@H]2C[C@H]32)c(-c2ccc(Cl)c3c(NS(C)(=O)=O)nn(CC(F)(F)F)c23)c2ccoc12)S(C)(=O)=O. The molecule has 0 radical (unpaired) electrons. The van der Waals surface area contributed by atoms with Gasteiger partial charge in [-0.15, -0.1) is 0 Å². The number of alkyl halides is 8. The predicted octanol–water partition coefficient (Wildman–Crippen LogP) is 8.41. The molecular weight excluding hydrogens is 976 g/mol. The molecule has 1 amide bonds. The Balaban J connectivity index is 1.40. The van der Waals surface area contributed by atoms with Gasteiger partial charge in [0.25, 0.3) is 5.92 Å². The molecule has 2 aliphatic rings. The van der Waals surface area contributed by atoms with Crippen molar-refractivity contribution in [3.63, 3.8) is 0 Å². The Morgan fingerprint density at radius 3 is 2.28 bits per heavy atom. The first kappa shape index (κ1) is 47.6. The topological polar surface area (TPSA) is 171 Å². The number of pyridine rings is 1. The second-order valence-electron chi connectivity index (χ2n) is 16.7. The first-order chi connectivity index (χ1) is 30.8. The number of benzene rings is 2. The molecule has 67 heavy (non-hydrogen) atoms. The van der Waals surface area contributed by atoms with Gasteiger partial charge in [-0.3, -0.25) is 18.9 Å². The van der Waals surface area contributed by atoms with Crippen molar-refractivity contribution in [2.24, 2.45) is 5.92 Å². The molecule has 13 nitrogen and oxygen atoms in total. The van der Waals surface area contributed by atoms with Gasteiger partial charge >= 0.3 is 12.4 Å². The number of hydrogen-bond acceptors (Lipinski definition) is 9. The van der Waals surface area contributed by atoms with Crippen molar-refractivity contribution in [2.75, 3.05) is 17.2 Å². The van der Waals surface area contributed by atoms with Gasteiger partial charge in [-0.05, 0) is 68.4 Å². The fourth-order valence-electron chi connectivity index (χ4n) is 8.14. The molecule has 8 rings (SSSR count). The average Bonchev–Trinajstić information content (AvgIpc) is 3.38. The monoisotopic (exact) mass is 1010 g/mol. The quantitative estimate of drug-likeness (QED) is 0.0956. The van der Waals surface area contributed by atoms with E-state index in [1.807, 2.05) is 4.72 Å². The zero-order valence-electron chi connectivity index (χ0n) is 34.8. The van der Waals surface area contributed by atoms with Gasteiger partial charge in [0.2, 0.25) is 15.9 Å². The van der Waals surface area contributed by atoms with Crippen molar-refractivity contribution in [1.82, 2.24) is 29.9 Å². The normalized spacial score (nSPS) is 17.5. The minimum Gasteiger partial charge on any atom is -0.461 e. The highest BCUT2D eigenvalue weighted by atomic mass is 35.5. The number of fused-ring (bicyclic) bond motifs is 5. The van der Waals surface area contributed by atoms with Gasteiger partial charge < -0.3 is 9.73 Å². The van der Waals surface area contributed by atoms with Crippen LogP contribution in [0.2, 0.25) is 5.02 Å². The van der Waals surface area contributed by atoms with Crippen LogP contribution in [0.3, 0.4) is 0 Å². The molecule has 2 aromatic carbocycles. The van der Waals surface area contributed by atoms with Gasteiger partial charge in [0, 0.05) is 40.3 Å². The van der Waals surface area contributed by atoms with Crippen molar-refractivity contribution in [1.29, 1.82) is 0 Å². The lowest BCUT2D eigenvalue weighted by Gasteiger charge is -2.24. The van der Waals surface area contributed by atoms with Crippen LogP contribution in [0.4, 0.5) is 49.7 Å². The number of sulfone groups is 1. The summed E-state index contributed by atoms with van der Waals surface area (Å²) in [5.41, 5.74) is -5.77. The van der Waals surface area contributed by atoms with E-state index in [9.17, 15) is 56.8 Å². The van der Waals surface area contributed by atoms with Crippen LogP contribution in [-0.2, 0) is 56.3 Å². The van der Waals surface area contributed by atoms with E-state index >= 15 is 8.78 Å². The van der Waals surface area contributed by atoms with Gasteiger partial charge in [-0.1, -0.05) is 23.6 Å². The molecule has 0 bridgehead atoms. The van der Waals surface area contributed by atoms with E-state index in [0.717, 1.165) is 30.7 Å². The fraction of sp³-hybridized carbons (Fsp3) is 0.366. The summed E-state index contributed by atoms with van der Waals surface area (Å²) in [6.45, 7) is -0.636. The number of amides is 1. The van der Waals surface area contributed by atoms with Gasteiger partial charge in [0.15, 0.2) is 32.6 Å². The molecule has 0 unspecified atom stereocenters. The van der Waals surface area contributed by atoms with Crippen molar-refractivity contribution in [3.8, 4) is 23.0 Å². The first-order valence-corrected chi connectivity index (χ1v) is 23.7. The summed E-state index contributed by atoms with van der Waals surface area (Å²) in [6.07, 6.45) is -8.50. The largest absolute Gasteiger partial charge is 0.461 e. The smallest absolute Gasteiger partial charge is 0.435 e. The number of hydrogen-bond donors (Lipinski definition) is 2. The van der Waals surface area contributed by atoms with E-state index in [1.54, 1.807) is 0 Å². The molecule has 3 atom stereocenters. The Morgan fingerprint density at radius 1 is 1.00 bits per heavy atom. The maximum Gasteiger partial charge on any atom is 0.435 e. The number of nitrogens with zero attached hydrogens (tertiary/aromatic N) is 5. The maximum absolute atomic E-state index is 15.6. The minimum atomic E-state index is -5.20. The Kier molecular flexibility index (Phi) is 11.3. The molecule has 6 aromatic rings. The molecule has 1 saturated carbocycles. The Hall–Kier alpha value is -5.87. The zero-order valence-corrected chi connectivity index (χ0v) is 37.2. The summed E-state index contributed by atoms with van der Waals surface area (Å²) in [6, 6.07) is 3.99. The van der Waals surface area contributed by atoms with E-state index in [2.05, 4.69) is 32.3 Å². The third kappa shape index (κ3) is 9.01. The van der Waals surface area contributed by atoms with E-state index in [-0.39, 0.29) is 54.9 Å². The van der Waals surface area contributed by atoms with Crippen LogP contribution < -0.4 is 10.0 Å². The molecule has 2 aliphatic carbocycles. The van der Waals surface area contributed by atoms with Crippen molar-refractivity contribution in [2.45, 2.75) is 74.8 Å². The highest BCUT2D eigenvalue weighted by molar-refractivity contribution is 7.92. The lowest BCUT2D eigenvalue weighted by Crippen LogP contribution is -2.35. The standard InChI is InChI=1S/C41H32ClF10N7O6S2/c1-38(2,66(3,61)62)9-7-26-34-22(8-10-65-34)29(21-5-6-25(42)31-33(21)59(17-39(45,46)47)56-37(31)57-67(4,63)64)32(54-26)27(13-18-11-19(43)14-20(44)12-18)53-28(60)16-58-36-30(35(55-58)41(50,51)52)23-15-24(23)40(36,48)49/h5-6,8,10-12,14,23-24,27H,13,15-17H2,1-4H3,(H,53,60)(H,56,57)/t23-,24+,27-/m0/s1. The van der Waals surface area contributed by atoms with Crippen LogP contribution in [0.1, 0.15) is 66.1 Å². The van der Waals surface area contributed by atoms with Gasteiger partial charge in [-0.25, -0.2) is 30.6 Å². The van der Waals surface area contributed by atoms with Crippen molar-refractivity contribution < 1.29 is 70.0 Å². The van der Waals surface area contributed by atoms with Crippen LogP contribution in [0.5, 0.6) is 0 Å². The van der Waals surface area contributed by atoms with Gasteiger partial charge in [0.1, 0.15) is 35.2 Å². The second-order valence-corrected chi connectivity index (χ2v) is 21.4. The van der Waals surface area contributed by atoms with E-state index < -0.39 is 132 Å². The summed E-state index contributed by atoms with van der Waals surface area (Å²) in [4.78, 5) is 18.8. The van der Waals surface area contributed by atoms with E-state index in [0.29, 0.717) is 17.0 Å². The molecule has 26 heteroatoms. The Bertz CT molecular complexity index is 3330. The number of carbonyl (C=O) groups excluding carboxylic acids is 1. The number of rotatable bonds is 11. The molecular formula is C41H32ClF10N7O6S2. The lowest BCUT2D eigenvalue weighted by atomic mass is 9.91. The number of sulfonamides is 1. The zero-order chi connectivity index (χ0) is 49.1. The van der Waals surface area contributed by atoms with E-state index in [1.165, 1.54) is 26.0 Å². The maximum atomic E-state index is 15.6. The number of carbonyl (C=O) groups is 1. The highest BCUT2D eigenvalue weighted by Crippen LogP contribution is 2.68. The number of anilines is 1. The Labute approximate surface area is 377 Å². The molecule has 1 fully saturated rings. The molecule has 0 saturated heterocycles. The Morgan fingerprint density at radius 2 is 1.67 bits per heavy atom. The average molecular weight is 1010 g/mol. The summed E-state index contributed by atoms with van der Waals surface area (Å²) < 4.78 is 203. The van der Waals surface area contributed by atoms with Crippen LogP contribution in [0.15, 0.2) is 47.1 Å². The summed E-state index contributed by atoms with van der Waals surface area (Å²) in [7, 11) is -8.17. The van der Waals surface area contributed by atoms with Crippen LogP contribution >= 0.6 is 11.6 Å². The fourth-order valence-corrected chi connectivity index (χ4v) is 9.11. The molecule has 4 heterocycles. The van der Waals surface area contributed by atoms with Crippen LogP contribution in [-0.4, -0.2) is 70.7 Å². The third-order valence-electron chi connectivity index (χ3n) is 11.3. The third-order valence-corrected chi connectivity index (χ3v) is 14.1. The van der Waals surface area contributed by atoms with Crippen molar-refractivity contribution >= 4 is 65.1 Å². The van der Waals surface area contributed by atoms with Gasteiger partial charge in [0.05, 0.1) is 40.2 Å². The number of aromatic nitrogens is 5. The highest BCUT2D eigenvalue weighted by Gasteiger charge is 2.68. The first-order valence-electron chi connectivity index (χ1n) is 19.5. The minimum absolute atomic E-state index is 0.0734. The molecule has 4 aromatic heterocycles. The molecule has 356 valence electrons.